The van der Waals surface area contributed by atoms with E-state index in [1.54, 1.807) is 36.4 Å². The molecule has 0 radical (unpaired) electrons. The van der Waals surface area contributed by atoms with Crippen LogP contribution in [-0.2, 0) is 6.42 Å². The maximum atomic E-state index is 12.1. The molecule has 0 aliphatic heterocycles. The Morgan fingerprint density at radius 3 is 2.40 bits per heavy atom. The van der Waals surface area contributed by atoms with Crippen LogP contribution in [0.5, 0.6) is 5.75 Å². The monoisotopic (exact) mass is 362 g/mol. The van der Waals surface area contributed by atoms with Crippen LogP contribution in [-0.4, -0.2) is 16.8 Å². The molecule has 3 rings (SSSR count). The fourth-order valence-corrected chi connectivity index (χ4v) is 2.24. The van der Waals surface area contributed by atoms with Crippen LogP contribution >= 0.6 is 11.6 Å². The zero-order valence-corrected chi connectivity index (χ0v) is 13.7. The number of ether oxygens (including phenoxy) is 1. The Labute approximate surface area is 147 Å². The molecule has 0 aliphatic rings. The van der Waals surface area contributed by atoms with Crippen LogP contribution in [0.25, 0.3) is 12.2 Å². The lowest BCUT2D eigenvalue weighted by molar-refractivity contribution is -0.0498. The van der Waals surface area contributed by atoms with Gasteiger partial charge in [-0.3, -0.25) is 0 Å². The molecule has 0 aliphatic carbocycles. The van der Waals surface area contributed by atoms with Gasteiger partial charge < -0.3 is 9.15 Å². The van der Waals surface area contributed by atoms with E-state index in [0.29, 0.717) is 23.2 Å². The minimum absolute atomic E-state index is 0.107. The van der Waals surface area contributed by atoms with Crippen molar-refractivity contribution in [2.45, 2.75) is 13.0 Å². The minimum atomic E-state index is -2.83. The highest BCUT2D eigenvalue weighted by molar-refractivity contribution is 6.30. The highest BCUT2D eigenvalue weighted by atomic mass is 35.5. The van der Waals surface area contributed by atoms with Gasteiger partial charge in [-0.2, -0.15) is 8.78 Å². The second-order valence-electron chi connectivity index (χ2n) is 5.12. The highest BCUT2D eigenvalue weighted by Crippen LogP contribution is 2.17. The molecule has 25 heavy (non-hydrogen) atoms. The number of halogens is 3. The van der Waals surface area contributed by atoms with E-state index in [1.165, 1.54) is 12.1 Å². The van der Waals surface area contributed by atoms with Crippen LogP contribution in [0.4, 0.5) is 8.78 Å². The first-order valence-corrected chi connectivity index (χ1v) is 7.76. The standard InChI is InChI=1S/C18H13ClF2N2O2/c19-14-6-1-13(2-7-14)11-17-23-22-16(25-17)10-5-12-3-8-15(9-4-12)24-18(20)21/h1-10,18H,11H2/b10-5-. The Bertz CT molecular complexity index is 846. The first-order valence-electron chi connectivity index (χ1n) is 7.38. The predicted octanol–water partition coefficient (Wildman–Crippen LogP) is 5.09. The van der Waals surface area contributed by atoms with Crippen LogP contribution in [0.2, 0.25) is 5.02 Å². The summed E-state index contributed by atoms with van der Waals surface area (Å²) in [4.78, 5) is 0. The number of rotatable bonds is 6. The summed E-state index contributed by atoms with van der Waals surface area (Å²) in [6.45, 7) is -2.83. The molecule has 0 atom stereocenters. The SMILES string of the molecule is FC(F)Oc1ccc(/C=C\c2nnc(Cc3ccc(Cl)cc3)o2)cc1. The maximum absolute atomic E-state index is 12.1. The molecular weight excluding hydrogens is 350 g/mol. The van der Waals surface area contributed by atoms with Gasteiger partial charge >= 0.3 is 6.61 Å². The summed E-state index contributed by atoms with van der Waals surface area (Å²) >= 11 is 5.85. The molecular formula is C18H13ClF2N2O2. The van der Waals surface area contributed by atoms with Gasteiger partial charge in [0.15, 0.2) is 0 Å². The molecule has 0 unspecified atom stereocenters. The number of aromatic nitrogens is 2. The van der Waals surface area contributed by atoms with Gasteiger partial charge in [0.05, 0.1) is 6.42 Å². The molecule has 0 saturated carbocycles. The molecule has 3 aromatic rings. The molecule has 2 aromatic carbocycles. The quantitative estimate of drug-likeness (QED) is 0.613. The average Bonchev–Trinajstić information content (AvgIpc) is 3.03. The molecule has 128 valence electrons. The third-order valence-corrected chi connectivity index (χ3v) is 3.53. The molecule has 0 spiro atoms. The number of alkyl halides is 2. The van der Waals surface area contributed by atoms with E-state index in [4.69, 9.17) is 16.0 Å². The Hall–Kier alpha value is -2.73. The topological polar surface area (TPSA) is 48.2 Å². The van der Waals surface area contributed by atoms with E-state index in [9.17, 15) is 8.78 Å². The number of nitrogens with zero attached hydrogens (tertiary/aromatic N) is 2. The van der Waals surface area contributed by atoms with Crippen molar-refractivity contribution >= 4 is 23.8 Å². The van der Waals surface area contributed by atoms with E-state index in [1.807, 2.05) is 12.1 Å². The first-order chi connectivity index (χ1) is 12.1. The second kappa shape index (κ2) is 7.90. The molecule has 0 saturated heterocycles. The Kier molecular flexibility index (Phi) is 5.40. The molecule has 0 bridgehead atoms. The van der Waals surface area contributed by atoms with E-state index < -0.39 is 6.61 Å². The average molecular weight is 363 g/mol. The molecule has 1 heterocycles. The van der Waals surface area contributed by atoms with E-state index >= 15 is 0 Å². The largest absolute Gasteiger partial charge is 0.435 e. The van der Waals surface area contributed by atoms with Crippen molar-refractivity contribution in [1.29, 1.82) is 0 Å². The van der Waals surface area contributed by atoms with E-state index in [2.05, 4.69) is 14.9 Å². The van der Waals surface area contributed by atoms with Gasteiger partial charge in [-0.25, -0.2) is 0 Å². The van der Waals surface area contributed by atoms with Crippen molar-refractivity contribution in [3.05, 3.63) is 76.5 Å². The number of hydrogen-bond acceptors (Lipinski definition) is 4. The van der Waals surface area contributed by atoms with Crippen molar-refractivity contribution in [1.82, 2.24) is 10.2 Å². The van der Waals surface area contributed by atoms with Gasteiger partial charge in [0.2, 0.25) is 11.8 Å². The fraction of sp³-hybridized carbons (Fsp3) is 0.111. The van der Waals surface area contributed by atoms with E-state index in [0.717, 1.165) is 11.1 Å². The van der Waals surface area contributed by atoms with Crippen molar-refractivity contribution in [3.63, 3.8) is 0 Å². The fourth-order valence-electron chi connectivity index (χ4n) is 2.11. The minimum Gasteiger partial charge on any atom is -0.435 e. The molecule has 1 aromatic heterocycles. The summed E-state index contributed by atoms with van der Waals surface area (Å²) in [6, 6.07) is 13.6. The summed E-state index contributed by atoms with van der Waals surface area (Å²) in [7, 11) is 0. The molecule has 0 amide bonds. The van der Waals surface area contributed by atoms with Crippen molar-refractivity contribution in [2.75, 3.05) is 0 Å². The van der Waals surface area contributed by atoms with Crippen molar-refractivity contribution < 1.29 is 17.9 Å². The summed E-state index contributed by atoms with van der Waals surface area (Å²) in [5.41, 5.74) is 1.80. The predicted molar refractivity (Wildman–Crippen MR) is 90.6 cm³/mol. The Balaban J connectivity index is 1.62. The van der Waals surface area contributed by atoms with Gasteiger partial charge in [-0.1, -0.05) is 35.9 Å². The molecule has 4 nitrogen and oxygen atoms in total. The highest BCUT2D eigenvalue weighted by Gasteiger charge is 2.05. The Morgan fingerprint density at radius 2 is 1.72 bits per heavy atom. The third kappa shape index (κ3) is 5.12. The van der Waals surface area contributed by atoms with Gasteiger partial charge in [0.1, 0.15) is 5.75 Å². The van der Waals surface area contributed by atoms with Gasteiger partial charge in [0.25, 0.3) is 0 Å². The summed E-state index contributed by atoms with van der Waals surface area (Å²) in [6.07, 6.45) is 3.91. The van der Waals surface area contributed by atoms with Crippen LogP contribution < -0.4 is 4.74 Å². The summed E-state index contributed by atoms with van der Waals surface area (Å²) < 4.78 is 34.0. The number of hydrogen-bond donors (Lipinski definition) is 0. The maximum Gasteiger partial charge on any atom is 0.387 e. The van der Waals surface area contributed by atoms with Crippen molar-refractivity contribution in [3.8, 4) is 5.75 Å². The normalized spacial score (nSPS) is 11.4. The lowest BCUT2D eigenvalue weighted by Gasteiger charge is -2.03. The first kappa shape index (κ1) is 17.1. The van der Waals surface area contributed by atoms with Crippen LogP contribution in [0.3, 0.4) is 0 Å². The van der Waals surface area contributed by atoms with E-state index in [-0.39, 0.29) is 5.75 Å². The molecule has 7 heteroatoms. The zero-order valence-electron chi connectivity index (χ0n) is 12.9. The van der Waals surface area contributed by atoms with Crippen LogP contribution in [0.1, 0.15) is 22.9 Å². The second-order valence-corrected chi connectivity index (χ2v) is 5.55. The van der Waals surface area contributed by atoms with Gasteiger partial charge in [-0.05, 0) is 41.5 Å². The van der Waals surface area contributed by atoms with Gasteiger partial charge in [-0.15, -0.1) is 10.2 Å². The summed E-state index contributed by atoms with van der Waals surface area (Å²) in [5, 5.41) is 8.61. The smallest absolute Gasteiger partial charge is 0.387 e. The van der Waals surface area contributed by atoms with Gasteiger partial charge in [0, 0.05) is 11.1 Å². The number of benzene rings is 2. The lowest BCUT2D eigenvalue weighted by Crippen LogP contribution is -2.01. The Morgan fingerprint density at radius 1 is 1.00 bits per heavy atom. The zero-order chi connectivity index (χ0) is 17.6. The van der Waals surface area contributed by atoms with Crippen molar-refractivity contribution in [2.24, 2.45) is 0 Å². The lowest BCUT2D eigenvalue weighted by atomic mass is 10.1. The third-order valence-electron chi connectivity index (χ3n) is 3.27. The van der Waals surface area contributed by atoms with Crippen LogP contribution in [0.15, 0.2) is 52.9 Å². The molecule has 0 N–H and O–H groups in total. The summed E-state index contributed by atoms with van der Waals surface area (Å²) in [5.74, 6) is 0.953. The molecule has 0 fully saturated rings. The van der Waals surface area contributed by atoms with Crippen LogP contribution in [0, 0.1) is 0 Å².